The molecule has 38 heavy (non-hydrogen) atoms. The number of hydrogen-bond acceptors (Lipinski definition) is 6. The van der Waals surface area contributed by atoms with Crippen LogP contribution in [-0.4, -0.2) is 28.4 Å². The van der Waals surface area contributed by atoms with Gasteiger partial charge in [-0.05, 0) is 42.6 Å². The summed E-state index contributed by atoms with van der Waals surface area (Å²) in [5.74, 6) is -0.754. The summed E-state index contributed by atoms with van der Waals surface area (Å²) in [7, 11) is 0. The average Bonchev–Trinajstić information content (AvgIpc) is 3.58. The van der Waals surface area contributed by atoms with Gasteiger partial charge in [-0.15, -0.1) is 0 Å². The number of benzene rings is 2. The van der Waals surface area contributed by atoms with Gasteiger partial charge in [0.2, 0.25) is 6.79 Å². The lowest BCUT2D eigenvalue weighted by Crippen LogP contribution is -2.39. The lowest BCUT2D eigenvalue weighted by Gasteiger charge is -2.16. The fourth-order valence-electron chi connectivity index (χ4n) is 4.68. The van der Waals surface area contributed by atoms with E-state index in [0.29, 0.717) is 46.4 Å². The first-order valence-electron chi connectivity index (χ1n) is 12.0. The molecule has 0 bridgehead atoms. The van der Waals surface area contributed by atoms with Gasteiger partial charge >= 0.3 is 5.91 Å². The fourth-order valence-corrected chi connectivity index (χ4v) is 4.87. The topological polar surface area (TPSA) is 101 Å². The van der Waals surface area contributed by atoms with Gasteiger partial charge in [-0.25, -0.2) is 9.58 Å². The van der Waals surface area contributed by atoms with Gasteiger partial charge in [0.1, 0.15) is 5.57 Å². The summed E-state index contributed by atoms with van der Waals surface area (Å²) in [6.07, 6.45) is 4.43. The van der Waals surface area contributed by atoms with E-state index in [9.17, 15) is 14.7 Å². The van der Waals surface area contributed by atoms with E-state index in [-0.39, 0.29) is 23.6 Å². The highest BCUT2D eigenvalue weighted by Crippen LogP contribution is 2.42. The summed E-state index contributed by atoms with van der Waals surface area (Å²) in [4.78, 5) is 29.0. The molecule has 0 spiro atoms. The zero-order valence-corrected chi connectivity index (χ0v) is 21.0. The van der Waals surface area contributed by atoms with E-state index < -0.39 is 17.7 Å². The molecule has 2 amide bonds. The van der Waals surface area contributed by atoms with Crippen molar-refractivity contribution in [3.63, 3.8) is 0 Å². The molecule has 0 fully saturated rings. The molecule has 4 aromatic rings. The highest BCUT2D eigenvalue weighted by atomic mass is 35.5. The van der Waals surface area contributed by atoms with Gasteiger partial charge in [-0.3, -0.25) is 9.59 Å². The number of amides is 2. The second-order valence-electron chi connectivity index (χ2n) is 8.76. The maximum absolute atomic E-state index is 14.1. The number of aryl methyl sites for hydroxylation is 1. The van der Waals surface area contributed by atoms with Crippen LogP contribution in [0.4, 0.5) is 5.69 Å². The summed E-state index contributed by atoms with van der Waals surface area (Å²) in [5.41, 5.74) is 1.35. The maximum Gasteiger partial charge on any atom is 0.331 e. The summed E-state index contributed by atoms with van der Waals surface area (Å²) >= 11 is 6.17. The first-order valence-corrected chi connectivity index (χ1v) is 12.4. The predicted molar refractivity (Wildman–Crippen MR) is 137 cm³/mol. The molecule has 2 aliphatic heterocycles. The zero-order chi connectivity index (χ0) is 26.4. The summed E-state index contributed by atoms with van der Waals surface area (Å²) in [6.45, 7) is 2.01. The summed E-state index contributed by atoms with van der Waals surface area (Å²) in [5, 5.41) is 18.9. The molecule has 0 saturated carbocycles. The third-order valence-electron chi connectivity index (χ3n) is 6.35. The lowest BCUT2D eigenvalue weighted by atomic mass is 10.0. The van der Waals surface area contributed by atoms with Gasteiger partial charge in [0.25, 0.3) is 11.6 Å². The molecule has 0 radical (unpaired) electrons. The average molecular weight is 529 g/mol. The minimum Gasteiger partial charge on any atom is -0.858 e. The molecule has 6 rings (SSSR count). The van der Waals surface area contributed by atoms with Crippen molar-refractivity contribution in [2.75, 3.05) is 11.7 Å². The Bertz CT molecular complexity index is 1630. The first kappa shape index (κ1) is 23.7. The van der Waals surface area contributed by atoms with Crippen molar-refractivity contribution in [3.05, 3.63) is 89.3 Å². The Labute approximate surface area is 222 Å². The second-order valence-corrected chi connectivity index (χ2v) is 9.19. The Balaban J connectivity index is 1.57. The second kappa shape index (κ2) is 9.35. The highest BCUT2D eigenvalue weighted by Gasteiger charge is 2.47. The molecule has 2 aromatic carbocycles. The van der Waals surface area contributed by atoms with Crippen LogP contribution < -0.4 is 24.0 Å². The van der Waals surface area contributed by atoms with Crippen molar-refractivity contribution in [2.24, 2.45) is 0 Å². The molecular formula is C28H21ClN4O5. The molecule has 0 unspecified atom stereocenters. The minimum absolute atomic E-state index is 0.00871. The van der Waals surface area contributed by atoms with Crippen molar-refractivity contribution in [3.8, 4) is 23.1 Å². The number of carbonyl (C=O) groups excluding carboxylic acids is 2. The quantitative estimate of drug-likeness (QED) is 0.280. The van der Waals surface area contributed by atoms with Crippen LogP contribution in [0.1, 0.15) is 24.6 Å². The van der Waals surface area contributed by atoms with E-state index in [0.717, 1.165) is 4.90 Å². The van der Waals surface area contributed by atoms with Gasteiger partial charge in [-0.1, -0.05) is 37.1 Å². The first-order chi connectivity index (χ1) is 18.5. The standard InChI is InChI=1S/C28H21ClN4O5/c1-2-7-20-23(27(35)33(30-20)19-9-6-8-17(29)14-19)24-25(31-12-4-3-5-13-31)28(36)32(26(24)34)18-10-11-21-22(15-18)38-16-37-21/h3-6,8-15H,2,7,16H2,1H3. The number of ether oxygens (including phenoxy) is 2. The van der Waals surface area contributed by atoms with Gasteiger partial charge in [0.05, 0.1) is 17.1 Å². The van der Waals surface area contributed by atoms with E-state index in [1.165, 1.54) is 4.68 Å². The van der Waals surface area contributed by atoms with Crippen LogP contribution in [-0.2, 0) is 16.0 Å². The molecule has 4 heterocycles. The molecule has 10 heteroatoms. The SMILES string of the molecule is CCCc1nn(-c2cccc(Cl)c2)c([O-])c1C1=C([n+]2ccccc2)C(=O)N(c2ccc3c(c2)OCO3)C1=O. The van der Waals surface area contributed by atoms with Crippen LogP contribution in [0, 0.1) is 0 Å². The minimum atomic E-state index is -0.625. The molecule has 2 aromatic heterocycles. The van der Waals surface area contributed by atoms with Crippen LogP contribution in [0.15, 0.2) is 73.1 Å². The van der Waals surface area contributed by atoms with Crippen LogP contribution in [0.2, 0.25) is 5.02 Å². The van der Waals surface area contributed by atoms with E-state index >= 15 is 0 Å². The van der Waals surface area contributed by atoms with Crippen LogP contribution in [0.3, 0.4) is 0 Å². The van der Waals surface area contributed by atoms with Crippen molar-refractivity contribution in [2.45, 2.75) is 19.8 Å². The molecule has 0 atom stereocenters. The number of anilines is 1. The van der Waals surface area contributed by atoms with Crippen LogP contribution >= 0.6 is 11.6 Å². The van der Waals surface area contributed by atoms with Gasteiger partial charge in [0.15, 0.2) is 23.9 Å². The molecule has 2 aliphatic rings. The van der Waals surface area contributed by atoms with Crippen molar-refractivity contribution < 1.29 is 28.7 Å². The Morgan fingerprint density at radius 1 is 0.974 bits per heavy atom. The Hall–Kier alpha value is -4.63. The molecule has 190 valence electrons. The number of carbonyl (C=O) groups is 2. The van der Waals surface area contributed by atoms with Crippen molar-refractivity contribution in [1.82, 2.24) is 9.78 Å². The van der Waals surface area contributed by atoms with Crippen LogP contribution in [0.5, 0.6) is 17.4 Å². The number of nitrogens with zero attached hydrogens (tertiary/aromatic N) is 4. The van der Waals surface area contributed by atoms with E-state index in [1.807, 2.05) is 6.92 Å². The monoisotopic (exact) mass is 528 g/mol. The van der Waals surface area contributed by atoms with Crippen LogP contribution in [0.25, 0.3) is 17.0 Å². The summed E-state index contributed by atoms with van der Waals surface area (Å²) in [6, 6.07) is 16.9. The number of pyridine rings is 1. The smallest absolute Gasteiger partial charge is 0.331 e. The molecule has 0 saturated heterocycles. The van der Waals surface area contributed by atoms with Crippen molar-refractivity contribution >= 4 is 40.4 Å². The Morgan fingerprint density at radius 3 is 2.53 bits per heavy atom. The maximum atomic E-state index is 14.1. The highest BCUT2D eigenvalue weighted by molar-refractivity contribution is 6.53. The van der Waals surface area contributed by atoms with Crippen molar-refractivity contribution in [1.29, 1.82) is 0 Å². The third-order valence-corrected chi connectivity index (χ3v) is 6.59. The Kier molecular flexibility index (Phi) is 5.84. The molecule has 9 nitrogen and oxygen atoms in total. The summed E-state index contributed by atoms with van der Waals surface area (Å²) < 4.78 is 13.6. The predicted octanol–water partition coefficient (Wildman–Crippen LogP) is 3.51. The third kappa shape index (κ3) is 3.79. The number of imide groups is 1. The molecule has 0 aliphatic carbocycles. The molecular weight excluding hydrogens is 508 g/mol. The van der Waals surface area contributed by atoms with Gasteiger partial charge in [-0.2, -0.15) is 9.67 Å². The van der Waals surface area contributed by atoms with E-state index in [2.05, 4.69) is 5.10 Å². The van der Waals surface area contributed by atoms with Gasteiger partial charge in [0, 0.05) is 28.8 Å². The number of fused-ring (bicyclic) bond motifs is 1. The Morgan fingerprint density at radius 2 is 1.76 bits per heavy atom. The number of halogens is 1. The molecule has 0 N–H and O–H groups in total. The van der Waals surface area contributed by atoms with E-state index in [1.54, 1.807) is 77.6 Å². The number of hydrogen-bond donors (Lipinski definition) is 0. The fraction of sp³-hybridized carbons (Fsp3) is 0.143. The largest absolute Gasteiger partial charge is 0.858 e. The van der Waals surface area contributed by atoms with Gasteiger partial charge < -0.3 is 14.6 Å². The zero-order valence-electron chi connectivity index (χ0n) is 20.3. The lowest BCUT2D eigenvalue weighted by molar-refractivity contribution is -0.576. The normalized spacial score (nSPS) is 14.6. The van der Waals surface area contributed by atoms with E-state index in [4.69, 9.17) is 21.1 Å². The number of rotatable bonds is 6. The number of aromatic nitrogens is 3.